The van der Waals surface area contributed by atoms with Gasteiger partial charge in [0.1, 0.15) is 17.3 Å². The maximum absolute atomic E-state index is 12.8. The van der Waals surface area contributed by atoms with E-state index in [0.717, 1.165) is 17.0 Å². The van der Waals surface area contributed by atoms with Gasteiger partial charge in [-0.1, -0.05) is 13.8 Å². The van der Waals surface area contributed by atoms with Gasteiger partial charge in [-0.05, 0) is 24.3 Å². The van der Waals surface area contributed by atoms with Crippen molar-refractivity contribution >= 4 is 15.9 Å². The molecule has 0 saturated heterocycles. The van der Waals surface area contributed by atoms with Gasteiger partial charge < -0.3 is 4.42 Å². The lowest BCUT2D eigenvalue weighted by molar-refractivity contribution is 0.461. The molecule has 1 aromatic heterocycles. The molecule has 84 valence electrons. The van der Waals surface area contributed by atoms with Crippen LogP contribution in [0.3, 0.4) is 0 Å². The Labute approximate surface area is 102 Å². The Balaban J connectivity index is 2.50. The third-order valence-electron chi connectivity index (χ3n) is 2.27. The Morgan fingerprint density at radius 3 is 2.44 bits per heavy atom. The summed E-state index contributed by atoms with van der Waals surface area (Å²) in [6.07, 6.45) is 0. The first-order chi connectivity index (χ1) is 7.58. The van der Waals surface area contributed by atoms with E-state index in [1.165, 1.54) is 12.1 Å². The predicted molar refractivity (Wildman–Crippen MR) is 63.7 cm³/mol. The molecule has 0 fully saturated rings. The second-order valence-corrected chi connectivity index (χ2v) is 4.52. The van der Waals surface area contributed by atoms with Crippen LogP contribution >= 0.6 is 15.9 Å². The number of halogens is 2. The maximum atomic E-state index is 12.8. The molecule has 0 bridgehead atoms. The number of hydrogen-bond acceptors (Lipinski definition) is 2. The lowest BCUT2D eigenvalue weighted by Gasteiger charge is -2.03. The highest BCUT2D eigenvalue weighted by atomic mass is 79.9. The molecule has 0 radical (unpaired) electrons. The zero-order valence-electron chi connectivity index (χ0n) is 9.00. The highest BCUT2D eigenvalue weighted by Crippen LogP contribution is 2.31. The van der Waals surface area contributed by atoms with E-state index in [9.17, 15) is 4.39 Å². The number of oxazole rings is 1. The first-order valence-corrected chi connectivity index (χ1v) is 5.79. The lowest BCUT2D eigenvalue weighted by Crippen LogP contribution is -1.89. The van der Waals surface area contributed by atoms with Gasteiger partial charge in [0.2, 0.25) is 0 Å². The van der Waals surface area contributed by atoms with Gasteiger partial charge in [-0.25, -0.2) is 9.37 Å². The van der Waals surface area contributed by atoms with Gasteiger partial charge in [-0.2, -0.15) is 0 Å². The van der Waals surface area contributed by atoms with Crippen molar-refractivity contribution in [3.8, 4) is 11.3 Å². The summed E-state index contributed by atoms with van der Waals surface area (Å²) in [7, 11) is 0. The first kappa shape index (κ1) is 11.3. The van der Waals surface area contributed by atoms with Crippen molar-refractivity contribution in [1.82, 2.24) is 4.98 Å². The van der Waals surface area contributed by atoms with Gasteiger partial charge in [0.15, 0.2) is 0 Å². The minimum atomic E-state index is -0.252. The van der Waals surface area contributed by atoms with Crippen molar-refractivity contribution in [2.45, 2.75) is 19.8 Å². The number of benzene rings is 1. The molecule has 2 aromatic rings. The maximum Gasteiger partial charge on any atom is 0.264 e. The van der Waals surface area contributed by atoms with E-state index in [-0.39, 0.29) is 11.7 Å². The van der Waals surface area contributed by atoms with Crippen molar-refractivity contribution in [3.05, 3.63) is 40.6 Å². The van der Waals surface area contributed by atoms with Crippen LogP contribution in [-0.2, 0) is 0 Å². The molecule has 0 amide bonds. The summed E-state index contributed by atoms with van der Waals surface area (Å²) in [4.78, 5) is 4.71. The van der Waals surface area contributed by atoms with Crippen LogP contribution in [0, 0.1) is 5.82 Å². The van der Waals surface area contributed by atoms with Gasteiger partial charge in [-0.15, -0.1) is 0 Å². The summed E-state index contributed by atoms with van der Waals surface area (Å²) < 4.78 is 18.3. The van der Waals surface area contributed by atoms with Gasteiger partial charge in [-0.3, -0.25) is 0 Å². The van der Waals surface area contributed by atoms with E-state index in [4.69, 9.17) is 4.42 Å². The Bertz CT molecular complexity index is 490. The zero-order chi connectivity index (χ0) is 11.7. The summed E-state index contributed by atoms with van der Waals surface area (Å²) in [5, 5.41) is 0. The largest absolute Gasteiger partial charge is 0.435 e. The van der Waals surface area contributed by atoms with Gasteiger partial charge in [0.05, 0.1) is 0 Å². The fourth-order valence-electron chi connectivity index (χ4n) is 1.51. The third kappa shape index (κ3) is 2.16. The van der Waals surface area contributed by atoms with Gasteiger partial charge >= 0.3 is 0 Å². The Morgan fingerprint density at radius 2 is 1.88 bits per heavy atom. The van der Waals surface area contributed by atoms with Crippen LogP contribution in [0.4, 0.5) is 4.39 Å². The SMILES string of the molecule is CC(C)c1oc(Br)nc1-c1ccc(F)cc1. The highest BCUT2D eigenvalue weighted by Gasteiger charge is 2.16. The molecule has 0 aliphatic carbocycles. The van der Waals surface area contributed by atoms with Gasteiger partial charge in [0.25, 0.3) is 4.80 Å². The van der Waals surface area contributed by atoms with Crippen LogP contribution in [0.1, 0.15) is 25.5 Å². The summed E-state index contributed by atoms with van der Waals surface area (Å²) >= 11 is 3.21. The van der Waals surface area contributed by atoms with E-state index >= 15 is 0 Å². The summed E-state index contributed by atoms with van der Waals surface area (Å²) in [5.41, 5.74) is 1.63. The normalized spacial score (nSPS) is 11.1. The first-order valence-electron chi connectivity index (χ1n) is 5.00. The lowest BCUT2D eigenvalue weighted by atomic mass is 10.0. The molecule has 0 atom stereocenters. The van der Waals surface area contributed by atoms with E-state index in [1.54, 1.807) is 12.1 Å². The Morgan fingerprint density at radius 1 is 1.25 bits per heavy atom. The van der Waals surface area contributed by atoms with Crippen molar-refractivity contribution in [3.63, 3.8) is 0 Å². The molecule has 0 N–H and O–H groups in total. The third-order valence-corrected chi connectivity index (χ3v) is 2.61. The molecule has 1 aromatic carbocycles. The van der Waals surface area contributed by atoms with Crippen molar-refractivity contribution in [2.24, 2.45) is 0 Å². The smallest absolute Gasteiger partial charge is 0.264 e. The standard InChI is InChI=1S/C12H11BrFNO/c1-7(2)11-10(15-12(13)16-11)8-3-5-9(14)6-4-8/h3-7H,1-2H3. The molecule has 4 heteroatoms. The van der Waals surface area contributed by atoms with Crippen molar-refractivity contribution in [2.75, 3.05) is 0 Å². The molecule has 0 aliphatic heterocycles. The van der Waals surface area contributed by atoms with Crippen LogP contribution in [0.2, 0.25) is 0 Å². The zero-order valence-corrected chi connectivity index (χ0v) is 10.6. The molecular weight excluding hydrogens is 273 g/mol. The van der Waals surface area contributed by atoms with Crippen molar-refractivity contribution < 1.29 is 8.81 Å². The molecule has 1 heterocycles. The topological polar surface area (TPSA) is 26.0 Å². The quantitative estimate of drug-likeness (QED) is 0.818. The van der Waals surface area contributed by atoms with Crippen LogP contribution in [0.25, 0.3) is 11.3 Å². The highest BCUT2D eigenvalue weighted by molar-refractivity contribution is 9.10. The van der Waals surface area contributed by atoms with Crippen LogP contribution < -0.4 is 0 Å². The summed E-state index contributed by atoms with van der Waals surface area (Å²) in [6.45, 7) is 4.06. The van der Waals surface area contributed by atoms with E-state index < -0.39 is 0 Å². The minimum absolute atomic E-state index is 0.235. The van der Waals surface area contributed by atoms with Crippen LogP contribution in [0.5, 0.6) is 0 Å². The summed E-state index contributed by atoms with van der Waals surface area (Å²) in [6, 6.07) is 6.24. The van der Waals surface area contributed by atoms with E-state index in [1.807, 2.05) is 13.8 Å². The number of hydrogen-bond donors (Lipinski definition) is 0. The van der Waals surface area contributed by atoms with Crippen LogP contribution in [-0.4, -0.2) is 4.98 Å². The second kappa shape index (κ2) is 4.37. The second-order valence-electron chi connectivity index (χ2n) is 3.84. The molecule has 0 saturated carbocycles. The molecule has 16 heavy (non-hydrogen) atoms. The van der Waals surface area contributed by atoms with Crippen molar-refractivity contribution in [1.29, 1.82) is 0 Å². The minimum Gasteiger partial charge on any atom is -0.435 e. The molecule has 2 rings (SSSR count). The molecule has 0 unspecified atom stereocenters. The van der Waals surface area contributed by atoms with E-state index in [0.29, 0.717) is 4.80 Å². The molecular formula is C12H11BrFNO. The number of rotatable bonds is 2. The number of aromatic nitrogens is 1. The number of nitrogens with zero attached hydrogens (tertiary/aromatic N) is 1. The molecule has 0 spiro atoms. The fourth-order valence-corrected chi connectivity index (χ4v) is 1.86. The average molecular weight is 284 g/mol. The monoisotopic (exact) mass is 283 g/mol. The Kier molecular flexibility index (Phi) is 3.10. The fraction of sp³-hybridized carbons (Fsp3) is 0.250. The van der Waals surface area contributed by atoms with Crippen LogP contribution in [0.15, 0.2) is 33.5 Å². The summed E-state index contributed by atoms with van der Waals surface area (Å²) in [5.74, 6) is 0.787. The van der Waals surface area contributed by atoms with E-state index in [2.05, 4.69) is 20.9 Å². The molecule has 2 nitrogen and oxygen atoms in total. The Hall–Kier alpha value is -1.16. The average Bonchev–Trinajstić information content (AvgIpc) is 2.61. The molecule has 0 aliphatic rings. The van der Waals surface area contributed by atoms with Gasteiger partial charge in [0, 0.05) is 27.4 Å². The predicted octanol–water partition coefficient (Wildman–Crippen LogP) is 4.37.